The second kappa shape index (κ2) is 8.16. The van der Waals surface area contributed by atoms with Crippen LogP contribution in [0.3, 0.4) is 0 Å². The molecule has 0 aromatic heterocycles. The number of hydrogen-bond donors (Lipinski definition) is 0. The van der Waals surface area contributed by atoms with E-state index >= 15 is 0 Å². The average Bonchev–Trinajstić information content (AvgIpc) is 2.80. The number of hydrogen-bond acceptors (Lipinski definition) is 0. The van der Waals surface area contributed by atoms with Gasteiger partial charge in [0.15, 0.2) is 0 Å². The van der Waals surface area contributed by atoms with Crippen molar-refractivity contribution in [3.63, 3.8) is 0 Å². The van der Waals surface area contributed by atoms with Crippen molar-refractivity contribution in [2.45, 2.75) is 38.0 Å². The fourth-order valence-corrected chi connectivity index (χ4v) is 5.19. The zero-order valence-corrected chi connectivity index (χ0v) is 18.2. The molecule has 0 fully saturated rings. The molecule has 0 spiro atoms. The van der Waals surface area contributed by atoms with Crippen LogP contribution < -0.4 is 10.4 Å². The highest BCUT2D eigenvalue weighted by atomic mass is 79.9. The van der Waals surface area contributed by atoms with Crippen molar-refractivity contribution in [1.29, 1.82) is 0 Å². The van der Waals surface area contributed by atoms with Gasteiger partial charge in [-0.15, -0.1) is 0 Å². The number of rotatable bonds is 3. The second-order valence-electron chi connectivity index (χ2n) is 8.07. The van der Waals surface area contributed by atoms with E-state index in [2.05, 4.69) is 101 Å². The standard InChI is InChI=1S/C28H25Br/c29-28-16-15-25(26-13-7-8-14-27(26)28)24-18-22(20-9-3-1-4-10-20)17-23(19-24)21-11-5-2-6-12-21/h1,3-5,7-9,11-14,17-20H,2,6,10,15-16H2. The lowest BCUT2D eigenvalue weighted by Gasteiger charge is -2.20. The van der Waals surface area contributed by atoms with Gasteiger partial charge in [0.1, 0.15) is 0 Å². The summed E-state index contributed by atoms with van der Waals surface area (Å²) < 4.78 is 1.33. The minimum absolute atomic E-state index is 0.463. The number of benzene rings is 2. The first-order chi connectivity index (χ1) is 14.3. The van der Waals surface area contributed by atoms with E-state index in [1.165, 1.54) is 42.8 Å². The summed E-state index contributed by atoms with van der Waals surface area (Å²) >= 11 is 3.81. The summed E-state index contributed by atoms with van der Waals surface area (Å²) in [5.41, 5.74) is 7.01. The van der Waals surface area contributed by atoms with Crippen molar-refractivity contribution in [2.24, 2.45) is 0 Å². The minimum atomic E-state index is 0.463. The van der Waals surface area contributed by atoms with Crippen LogP contribution in [0.15, 0.2) is 85.0 Å². The van der Waals surface area contributed by atoms with Gasteiger partial charge < -0.3 is 0 Å². The number of fused-ring (bicyclic) bond motifs is 1. The molecular formula is C28H25Br. The van der Waals surface area contributed by atoms with E-state index in [9.17, 15) is 0 Å². The van der Waals surface area contributed by atoms with Gasteiger partial charge in [0.25, 0.3) is 0 Å². The molecule has 2 aromatic carbocycles. The Morgan fingerprint density at radius 3 is 2.48 bits per heavy atom. The summed E-state index contributed by atoms with van der Waals surface area (Å²) in [4.78, 5) is 0. The van der Waals surface area contributed by atoms with Crippen LogP contribution in [-0.2, 0) is 0 Å². The highest BCUT2D eigenvalue weighted by Gasteiger charge is 2.17. The van der Waals surface area contributed by atoms with Gasteiger partial charge in [-0.25, -0.2) is 0 Å². The Balaban J connectivity index is 1.72. The first-order valence-electron chi connectivity index (χ1n) is 10.6. The summed E-state index contributed by atoms with van der Waals surface area (Å²) in [6.07, 6.45) is 21.5. The van der Waals surface area contributed by atoms with Gasteiger partial charge in [-0.2, -0.15) is 0 Å². The highest BCUT2D eigenvalue weighted by Crippen LogP contribution is 2.33. The van der Waals surface area contributed by atoms with Crippen LogP contribution in [0.25, 0.3) is 15.6 Å². The lowest BCUT2D eigenvalue weighted by Crippen LogP contribution is -2.31. The van der Waals surface area contributed by atoms with Crippen molar-refractivity contribution in [3.8, 4) is 0 Å². The van der Waals surface area contributed by atoms with Crippen LogP contribution >= 0.6 is 15.9 Å². The molecule has 0 saturated carbocycles. The van der Waals surface area contributed by atoms with Crippen molar-refractivity contribution < 1.29 is 0 Å². The number of allylic oxidation sites excluding steroid dienone is 8. The van der Waals surface area contributed by atoms with Crippen molar-refractivity contribution >= 4 is 31.6 Å². The third kappa shape index (κ3) is 3.76. The molecule has 1 atom stereocenters. The highest BCUT2D eigenvalue weighted by molar-refractivity contribution is 9.14. The van der Waals surface area contributed by atoms with Gasteiger partial charge in [-0.1, -0.05) is 94.9 Å². The largest absolute Gasteiger partial charge is 0.0836 e. The molecule has 0 heterocycles. The molecule has 3 aliphatic rings. The quantitative estimate of drug-likeness (QED) is 0.509. The van der Waals surface area contributed by atoms with Crippen molar-refractivity contribution in [2.75, 3.05) is 0 Å². The van der Waals surface area contributed by atoms with E-state index < -0.39 is 0 Å². The fraction of sp³-hybridized carbons (Fsp3) is 0.214. The third-order valence-electron chi connectivity index (χ3n) is 6.18. The molecule has 0 saturated heterocycles. The summed E-state index contributed by atoms with van der Waals surface area (Å²) in [5, 5.41) is 2.72. The Bertz CT molecular complexity index is 1190. The molecular weight excluding hydrogens is 416 g/mol. The van der Waals surface area contributed by atoms with Crippen LogP contribution in [-0.4, -0.2) is 0 Å². The van der Waals surface area contributed by atoms with Gasteiger partial charge in [0.2, 0.25) is 0 Å². The van der Waals surface area contributed by atoms with Crippen LogP contribution in [0.2, 0.25) is 0 Å². The zero-order valence-electron chi connectivity index (χ0n) is 16.6. The maximum absolute atomic E-state index is 3.81. The molecule has 0 amide bonds. The maximum atomic E-state index is 3.81. The smallest absolute Gasteiger partial charge is 0.00561 e. The molecule has 2 aromatic rings. The van der Waals surface area contributed by atoms with Crippen molar-refractivity contribution in [1.82, 2.24) is 0 Å². The van der Waals surface area contributed by atoms with E-state index in [1.54, 1.807) is 0 Å². The summed E-state index contributed by atoms with van der Waals surface area (Å²) in [6, 6.07) is 16.1. The molecule has 144 valence electrons. The Hall–Kier alpha value is -2.38. The van der Waals surface area contributed by atoms with E-state index in [-0.39, 0.29) is 0 Å². The SMILES string of the molecule is BrC1=c2ccccc2=C(c2cc(C3=CCCC=C3)cc(C3C=CC=CC3)c2)CC1. The Morgan fingerprint density at radius 1 is 0.828 bits per heavy atom. The van der Waals surface area contributed by atoms with Gasteiger partial charge in [-0.05, 0) is 76.4 Å². The van der Waals surface area contributed by atoms with Gasteiger partial charge in [-0.3, -0.25) is 0 Å². The molecule has 0 aliphatic heterocycles. The first-order valence-corrected chi connectivity index (χ1v) is 11.4. The third-order valence-corrected chi connectivity index (χ3v) is 7.00. The van der Waals surface area contributed by atoms with E-state index in [4.69, 9.17) is 0 Å². The molecule has 29 heavy (non-hydrogen) atoms. The van der Waals surface area contributed by atoms with Crippen LogP contribution in [0.5, 0.6) is 0 Å². The van der Waals surface area contributed by atoms with E-state index in [1.807, 2.05) is 0 Å². The maximum Gasteiger partial charge on any atom is 0.00561 e. The topological polar surface area (TPSA) is 0 Å². The van der Waals surface area contributed by atoms with Crippen molar-refractivity contribution in [3.05, 3.63) is 112 Å². The molecule has 3 aliphatic carbocycles. The molecule has 5 rings (SSSR count). The Labute approximate surface area is 181 Å². The molecule has 0 N–H and O–H groups in total. The molecule has 0 radical (unpaired) electrons. The molecule has 1 heteroatoms. The van der Waals surface area contributed by atoms with E-state index in [0.717, 1.165) is 32.1 Å². The van der Waals surface area contributed by atoms with Crippen LogP contribution in [0.1, 0.15) is 54.7 Å². The lowest BCUT2D eigenvalue weighted by atomic mass is 9.85. The lowest BCUT2D eigenvalue weighted by molar-refractivity contribution is 0.852. The Morgan fingerprint density at radius 2 is 1.69 bits per heavy atom. The summed E-state index contributed by atoms with van der Waals surface area (Å²) in [7, 11) is 0. The zero-order chi connectivity index (χ0) is 19.6. The molecule has 0 nitrogen and oxygen atoms in total. The number of halogens is 1. The van der Waals surface area contributed by atoms with Gasteiger partial charge in [0.05, 0.1) is 0 Å². The van der Waals surface area contributed by atoms with Crippen LogP contribution in [0.4, 0.5) is 0 Å². The predicted molar refractivity (Wildman–Crippen MR) is 128 cm³/mol. The van der Waals surface area contributed by atoms with Gasteiger partial charge >= 0.3 is 0 Å². The van der Waals surface area contributed by atoms with Crippen LogP contribution in [0, 0.1) is 0 Å². The Kier molecular flexibility index (Phi) is 5.24. The fourth-order valence-electron chi connectivity index (χ4n) is 4.65. The minimum Gasteiger partial charge on any atom is -0.0836 e. The summed E-state index contributed by atoms with van der Waals surface area (Å²) in [5.74, 6) is 0.463. The molecule has 0 bridgehead atoms. The normalized spacial score (nSPS) is 20.6. The molecule has 1 unspecified atom stereocenters. The second-order valence-corrected chi connectivity index (χ2v) is 9.02. The first kappa shape index (κ1) is 18.6. The van der Waals surface area contributed by atoms with E-state index in [0.29, 0.717) is 5.92 Å². The predicted octanol–water partition coefficient (Wildman–Crippen LogP) is 6.52. The summed E-state index contributed by atoms with van der Waals surface area (Å²) in [6.45, 7) is 0. The van der Waals surface area contributed by atoms with Gasteiger partial charge in [0, 0.05) is 10.4 Å². The monoisotopic (exact) mass is 440 g/mol. The average molecular weight is 441 g/mol.